The highest BCUT2D eigenvalue weighted by molar-refractivity contribution is 9.10. The summed E-state index contributed by atoms with van der Waals surface area (Å²) in [5.41, 5.74) is 3.10. The number of nitrogens with zero attached hydrogens (tertiary/aromatic N) is 2. The summed E-state index contributed by atoms with van der Waals surface area (Å²) >= 11 is 3.29. The van der Waals surface area contributed by atoms with E-state index in [0.29, 0.717) is 6.54 Å². The van der Waals surface area contributed by atoms with Crippen LogP contribution in [0.5, 0.6) is 0 Å². The van der Waals surface area contributed by atoms with E-state index < -0.39 is 0 Å². The monoisotopic (exact) mass is 266 g/mol. The maximum atomic E-state index is 4.20. The number of aromatic amines is 1. The molecule has 15 heavy (non-hydrogen) atoms. The Bertz CT molecular complexity index is 435. The Hall–Kier alpha value is -1.36. The van der Waals surface area contributed by atoms with E-state index in [4.69, 9.17) is 0 Å². The van der Waals surface area contributed by atoms with Crippen LogP contribution in [0, 0.1) is 6.92 Å². The Balaban J connectivity index is 1.99. The lowest BCUT2D eigenvalue weighted by Gasteiger charge is -2.04. The zero-order valence-corrected chi connectivity index (χ0v) is 9.87. The van der Waals surface area contributed by atoms with Gasteiger partial charge in [0.2, 0.25) is 0 Å². The van der Waals surface area contributed by atoms with Crippen molar-refractivity contribution in [2.24, 2.45) is 0 Å². The smallest absolute Gasteiger partial charge is 0.106 e. The molecule has 0 spiro atoms. The van der Waals surface area contributed by atoms with Crippen molar-refractivity contribution in [3.63, 3.8) is 0 Å². The van der Waals surface area contributed by atoms with E-state index in [0.717, 1.165) is 21.7 Å². The third-order valence-electron chi connectivity index (χ3n) is 2.12. The second-order valence-electron chi connectivity index (χ2n) is 3.20. The molecule has 0 bridgehead atoms. The number of rotatable bonds is 3. The molecular weight excluding hydrogens is 256 g/mol. The van der Waals surface area contributed by atoms with Gasteiger partial charge in [0.25, 0.3) is 0 Å². The maximum Gasteiger partial charge on any atom is 0.106 e. The normalized spacial score (nSPS) is 10.3. The number of aromatic nitrogens is 3. The topological polar surface area (TPSA) is 53.6 Å². The van der Waals surface area contributed by atoms with Crippen LogP contribution in [0.25, 0.3) is 0 Å². The second kappa shape index (κ2) is 4.44. The zero-order valence-electron chi connectivity index (χ0n) is 8.29. The Morgan fingerprint density at radius 1 is 1.40 bits per heavy atom. The lowest BCUT2D eigenvalue weighted by molar-refractivity contribution is 1.04. The minimum absolute atomic E-state index is 0.707. The molecule has 2 aromatic rings. The number of aryl methyl sites for hydroxylation is 1. The van der Waals surface area contributed by atoms with Crippen molar-refractivity contribution in [2.45, 2.75) is 13.5 Å². The minimum atomic E-state index is 0.707. The molecule has 0 aliphatic heterocycles. The molecule has 0 aliphatic carbocycles. The second-order valence-corrected chi connectivity index (χ2v) is 4.01. The summed E-state index contributed by atoms with van der Waals surface area (Å²) in [5, 5.41) is 3.25. The van der Waals surface area contributed by atoms with E-state index in [1.54, 1.807) is 12.5 Å². The first kappa shape index (κ1) is 10.2. The van der Waals surface area contributed by atoms with Crippen LogP contribution in [0.1, 0.15) is 11.4 Å². The first-order valence-electron chi connectivity index (χ1n) is 4.60. The summed E-state index contributed by atoms with van der Waals surface area (Å²) in [4.78, 5) is 11.4. The molecule has 0 unspecified atom stereocenters. The molecule has 0 fully saturated rings. The molecule has 0 amide bonds. The van der Waals surface area contributed by atoms with Gasteiger partial charge in [0.15, 0.2) is 0 Å². The van der Waals surface area contributed by atoms with Crippen LogP contribution in [0.15, 0.2) is 29.3 Å². The van der Waals surface area contributed by atoms with E-state index in [1.165, 1.54) is 0 Å². The van der Waals surface area contributed by atoms with Crippen LogP contribution in [-0.4, -0.2) is 15.0 Å². The average Bonchev–Trinajstić information content (AvgIpc) is 2.63. The lowest BCUT2D eigenvalue weighted by atomic mass is 10.3. The molecule has 4 nitrogen and oxygen atoms in total. The van der Waals surface area contributed by atoms with Gasteiger partial charge < -0.3 is 10.3 Å². The lowest BCUT2D eigenvalue weighted by Crippen LogP contribution is -2.01. The van der Waals surface area contributed by atoms with Crippen LogP contribution >= 0.6 is 15.9 Å². The van der Waals surface area contributed by atoms with Gasteiger partial charge in [0, 0.05) is 5.69 Å². The van der Waals surface area contributed by atoms with Gasteiger partial charge in [-0.05, 0) is 35.0 Å². The zero-order chi connectivity index (χ0) is 10.7. The molecule has 2 aromatic heterocycles. The number of pyridine rings is 1. The van der Waals surface area contributed by atoms with Crippen LogP contribution in [0.4, 0.5) is 5.69 Å². The largest absolute Gasteiger partial charge is 0.378 e. The Labute approximate surface area is 96.3 Å². The van der Waals surface area contributed by atoms with Gasteiger partial charge in [-0.25, -0.2) is 9.97 Å². The summed E-state index contributed by atoms with van der Waals surface area (Å²) in [6, 6.07) is 3.87. The number of anilines is 1. The van der Waals surface area contributed by atoms with E-state index in [-0.39, 0.29) is 0 Å². The van der Waals surface area contributed by atoms with Gasteiger partial charge in [-0.1, -0.05) is 0 Å². The van der Waals surface area contributed by atoms with Crippen LogP contribution in [0.3, 0.4) is 0 Å². The fourth-order valence-corrected chi connectivity index (χ4v) is 1.47. The number of halogens is 1. The fraction of sp³-hybridized carbons (Fsp3) is 0.200. The molecule has 5 heteroatoms. The molecule has 0 aromatic carbocycles. The van der Waals surface area contributed by atoms with Crippen molar-refractivity contribution in [3.05, 3.63) is 40.6 Å². The summed E-state index contributed by atoms with van der Waals surface area (Å²) in [5.74, 6) is 0. The van der Waals surface area contributed by atoms with Crippen molar-refractivity contribution in [1.82, 2.24) is 15.0 Å². The Morgan fingerprint density at radius 3 is 2.87 bits per heavy atom. The number of imidazole rings is 1. The van der Waals surface area contributed by atoms with E-state index in [1.807, 2.05) is 19.1 Å². The molecule has 2 heterocycles. The van der Waals surface area contributed by atoms with Crippen LogP contribution in [-0.2, 0) is 6.54 Å². The van der Waals surface area contributed by atoms with Gasteiger partial charge in [-0.2, -0.15) is 0 Å². The van der Waals surface area contributed by atoms with Gasteiger partial charge in [-0.3, -0.25) is 0 Å². The van der Waals surface area contributed by atoms with Crippen LogP contribution in [0.2, 0.25) is 0 Å². The predicted molar refractivity (Wildman–Crippen MR) is 62.6 cm³/mol. The molecule has 0 atom stereocenters. The van der Waals surface area contributed by atoms with E-state index in [2.05, 4.69) is 36.2 Å². The molecule has 0 radical (unpaired) electrons. The summed E-state index contributed by atoms with van der Waals surface area (Å²) in [7, 11) is 0. The van der Waals surface area contributed by atoms with Crippen molar-refractivity contribution >= 4 is 21.6 Å². The number of hydrogen-bond acceptors (Lipinski definition) is 3. The van der Waals surface area contributed by atoms with Crippen molar-refractivity contribution in [3.8, 4) is 0 Å². The Morgan fingerprint density at radius 2 is 2.27 bits per heavy atom. The molecule has 2 N–H and O–H groups in total. The van der Waals surface area contributed by atoms with Gasteiger partial charge in [0.05, 0.1) is 30.5 Å². The summed E-state index contributed by atoms with van der Waals surface area (Å²) in [6.45, 7) is 2.71. The van der Waals surface area contributed by atoms with E-state index >= 15 is 0 Å². The average molecular weight is 267 g/mol. The standard InChI is InChI=1S/C10H11BrN4/c1-7-9(15-6-14-7)5-12-8-2-3-10(11)13-4-8/h2-4,6,12H,5H2,1H3,(H,14,15). The summed E-state index contributed by atoms with van der Waals surface area (Å²) < 4.78 is 0.837. The van der Waals surface area contributed by atoms with E-state index in [9.17, 15) is 0 Å². The van der Waals surface area contributed by atoms with Crippen molar-refractivity contribution < 1.29 is 0 Å². The number of nitrogens with one attached hydrogen (secondary N) is 2. The molecular formula is C10H11BrN4. The first-order valence-corrected chi connectivity index (χ1v) is 5.39. The van der Waals surface area contributed by atoms with Crippen molar-refractivity contribution in [2.75, 3.05) is 5.32 Å². The fourth-order valence-electron chi connectivity index (χ4n) is 1.23. The molecule has 2 rings (SSSR count). The first-order chi connectivity index (χ1) is 7.25. The highest BCUT2D eigenvalue weighted by Gasteiger charge is 2.00. The van der Waals surface area contributed by atoms with Crippen molar-refractivity contribution in [1.29, 1.82) is 0 Å². The highest BCUT2D eigenvalue weighted by atomic mass is 79.9. The molecule has 0 aliphatic rings. The maximum absolute atomic E-state index is 4.20. The number of H-pyrrole nitrogens is 1. The van der Waals surface area contributed by atoms with Crippen LogP contribution < -0.4 is 5.32 Å². The van der Waals surface area contributed by atoms with Gasteiger partial charge >= 0.3 is 0 Å². The SMILES string of the molecule is Cc1[nH]cnc1CNc1ccc(Br)nc1. The number of hydrogen-bond donors (Lipinski definition) is 2. The predicted octanol–water partition coefficient (Wildman–Crippen LogP) is 2.49. The third kappa shape index (κ3) is 2.56. The van der Waals surface area contributed by atoms with Gasteiger partial charge in [0.1, 0.15) is 4.60 Å². The minimum Gasteiger partial charge on any atom is -0.378 e. The molecule has 78 valence electrons. The van der Waals surface area contributed by atoms with Gasteiger partial charge in [-0.15, -0.1) is 0 Å². The Kier molecular flexibility index (Phi) is 3.01. The third-order valence-corrected chi connectivity index (χ3v) is 2.59. The molecule has 0 saturated heterocycles. The highest BCUT2D eigenvalue weighted by Crippen LogP contribution is 2.11. The molecule has 0 saturated carbocycles. The quantitative estimate of drug-likeness (QED) is 0.840. The summed E-state index contributed by atoms with van der Waals surface area (Å²) in [6.07, 6.45) is 3.48.